The van der Waals surface area contributed by atoms with Crippen LogP contribution in [-0.4, -0.2) is 10.9 Å². The second-order valence-corrected chi connectivity index (χ2v) is 5.01. The normalized spacial score (nSPS) is 12.8. The molecule has 2 rings (SSSR count). The van der Waals surface area contributed by atoms with Crippen LogP contribution in [0, 0.1) is 6.92 Å². The molecule has 116 valence electrons. The van der Waals surface area contributed by atoms with Gasteiger partial charge in [0.25, 0.3) is 5.91 Å². The second kappa shape index (κ2) is 6.17. The number of hydrogen-bond donors (Lipinski definition) is 1. The van der Waals surface area contributed by atoms with Crippen LogP contribution in [0.5, 0.6) is 0 Å². The Kier molecular flexibility index (Phi) is 4.49. The summed E-state index contributed by atoms with van der Waals surface area (Å²) in [5, 5.41) is 2.66. The van der Waals surface area contributed by atoms with E-state index in [0.717, 1.165) is 17.8 Å². The highest BCUT2D eigenvalue weighted by atomic mass is 19.4. The standard InChI is InChI=1S/C16H15F3N2O/c1-10-6-7-13(9-20-10)15(22)21-11(2)12-4-3-5-14(8-12)16(17,18)19/h3-9,11H,1-2H3,(H,21,22)/t11-/m1/s1. The van der Waals surface area contributed by atoms with Crippen molar-refractivity contribution in [1.82, 2.24) is 10.3 Å². The van der Waals surface area contributed by atoms with Gasteiger partial charge in [-0.3, -0.25) is 9.78 Å². The van der Waals surface area contributed by atoms with Gasteiger partial charge in [0, 0.05) is 11.9 Å². The summed E-state index contributed by atoms with van der Waals surface area (Å²) in [4.78, 5) is 16.1. The van der Waals surface area contributed by atoms with E-state index in [2.05, 4.69) is 10.3 Å². The maximum Gasteiger partial charge on any atom is 0.416 e. The van der Waals surface area contributed by atoms with Gasteiger partial charge in [0.15, 0.2) is 0 Å². The number of pyridine rings is 1. The van der Waals surface area contributed by atoms with Crippen molar-refractivity contribution in [2.45, 2.75) is 26.1 Å². The summed E-state index contributed by atoms with van der Waals surface area (Å²) in [6.45, 7) is 3.43. The molecular weight excluding hydrogens is 293 g/mol. The highest BCUT2D eigenvalue weighted by Crippen LogP contribution is 2.30. The Hall–Kier alpha value is -2.37. The molecule has 0 aliphatic carbocycles. The molecule has 1 aromatic carbocycles. The third kappa shape index (κ3) is 3.84. The minimum absolute atomic E-state index is 0.365. The summed E-state index contributed by atoms with van der Waals surface area (Å²) in [5.41, 5.74) is 0.804. The summed E-state index contributed by atoms with van der Waals surface area (Å²) in [6, 6.07) is 7.69. The van der Waals surface area contributed by atoms with Gasteiger partial charge in [-0.05, 0) is 43.7 Å². The number of benzene rings is 1. The molecule has 2 aromatic rings. The Morgan fingerprint density at radius 1 is 1.23 bits per heavy atom. The van der Waals surface area contributed by atoms with E-state index < -0.39 is 17.8 Å². The highest BCUT2D eigenvalue weighted by Gasteiger charge is 2.30. The lowest BCUT2D eigenvalue weighted by Gasteiger charge is -2.16. The molecule has 1 heterocycles. The predicted octanol–water partition coefficient (Wildman–Crippen LogP) is 3.90. The number of aryl methyl sites for hydroxylation is 1. The number of halogens is 3. The molecule has 0 saturated heterocycles. The number of amides is 1. The number of hydrogen-bond acceptors (Lipinski definition) is 2. The van der Waals surface area contributed by atoms with Gasteiger partial charge in [-0.25, -0.2) is 0 Å². The van der Waals surface area contributed by atoms with E-state index in [-0.39, 0.29) is 5.91 Å². The molecule has 0 unspecified atom stereocenters. The van der Waals surface area contributed by atoms with Crippen molar-refractivity contribution in [3.63, 3.8) is 0 Å². The van der Waals surface area contributed by atoms with E-state index in [4.69, 9.17) is 0 Å². The Balaban J connectivity index is 2.13. The zero-order chi connectivity index (χ0) is 16.3. The van der Waals surface area contributed by atoms with Crippen molar-refractivity contribution in [3.05, 3.63) is 65.0 Å². The molecule has 0 radical (unpaired) electrons. The smallest absolute Gasteiger partial charge is 0.345 e. The molecule has 0 saturated carbocycles. The largest absolute Gasteiger partial charge is 0.416 e. The van der Waals surface area contributed by atoms with Crippen LogP contribution in [0.15, 0.2) is 42.6 Å². The van der Waals surface area contributed by atoms with Crippen molar-refractivity contribution in [2.75, 3.05) is 0 Å². The van der Waals surface area contributed by atoms with Crippen molar-refractivity contribution in [2.24, 2.45) is 0 Å². The lowest BCUT2D eigenvalue weighted by atomic mass is 10.0. The van der Waals surface area contributed by atoms with Gasteiger partial charge in [-0.1, -0.05) is 12.1 Å². The number of rotatable bonds is 3. The molecule has 0 bridgehead atoms. The van der Waals surface area contributed by atoms with E-state index in [1.807, 2.05) is 0 Å². The maximum atomic E-state index is 12.7. The van der Waals surface area contributed by atoms with Crippen LogP contribution in [0.2, 0.25) is 0 Å². The summed E-state index contributed by atoms with van der Waals surface area (Å²) in [5.74, 6) is -0.377. The van der Waals surface area contributed by atoms with Crippen molar-refractivity contribution in [1.29, 1.82) is 0 Å². The summed E-state index contributed by atoms with van der Waals surface area (Å²) in [7, 11) is 0. The molecule has 6 heteroatoms. The average Bonchev–Trinajstić information content (AvgIpc) is 2.47. The zero-order valence-corrected chi connectivity index (χ0v) is 12.1. The molecule has 0 spiro atoms. The van der Waals surface area contributed by atoms with Gasteiger partial charge in [-0.2, -0.15) is 13.2 Å². The van der Waals surface area contributed by atoms with Crippen molar-refractivity contribution in [3.8, 4) is 0 Å². The van der Waals surface area contributed by atoms with E-state index >= 15 is 0 Å². The fraction of sp³-hybridized carbons (Fsp3) is 0.250. The first-order chi connectivity index (χ1) is 10.3. The van der Waals surface area contributed by atoms with Crippen LogP contribution in [0.25, 0.3) is 0 Å². The van der Waals surface area contributed by atoms with Crippen LogP contribution in [0.1, 0.15) is 40.1 Å². The maximum absolute atomic E-state index is 12.7. The average molecular weight is 308 g/mol. The molecule has 1 amide bonds. The molecule has 1 N–H and O–H groups in total. The Morgan fingerprint density at radius 2 is 1.95 bits per heavy atom. The van der Waals surface area contributed by atoms with E-state index in [1.165, 1.54) is 12.3 Å². The SMILES string of the molecule is Cc1ccc(C(=O)N[C@H](C)c2cccc(C(F)(F)F)c2)cn1. The first kappa shape index (κ1) is 16.0. The van der Waals surface area contributed by atoms with E-state index in [0.29, 0.717) is 11.1 Å². The molecule has 0 fully saturated rings. The fourth-order valence-electron chi connectivity index (χ4n) is 1.95. The quantitative estimate of drug-likeness (QED) is 0.934. The van der Waals surface area contributed by atoms with Gasteiger partial charge >= 0.3 is 6.18 Å². The molecule has 1 aromatic heterocycles. The number of aromatic nitrogens is 1. The van der Waals surface area contributed by atoms with E-state index in [9.17, 15) is 18.0 Å². The molecule has 1 atom stereocenters. The Morgan fingerprint density at radius 3 is 2.55 bits per heavy atom. The first-order valence-corrected chi connectivity index (χ1v) is 6.68. The fourth-order valence-corrected chi connectivity index (χ4v) is 1.95. The predicted molar refractivity (Wildman–Crippen MR) is 76.3 cm³/mol. The minimum Gasteiger partial charge on any atom is -0.345 e. The third-order valence-electron chi connectivity index (χ3n) is 3.24. The van der Waals surface area contributed by atoms with Crippen LogP contribution in [0.4, 0.5) is 13.2 Å². The number of nitrogens with one attached hydrogen (secondary N) is 1. The number of carbonyl (C=O) groups excluding carboxylic acids is 1. The third-order valence-corrected chi connectivity index (χ3v) is 3.24. The molecule has 22 heavy (non-hydrogen) atoms. The first-order valence-electron chi connectivity index (χ1n) is 6.68. The van der Waals surface area contributed by atoms with Gasteiger partial charge in [0.1, 0.15) is 0 Å². The Bertz CT molecular complexity index is 666. The summed E-state index contributed by atoms with van der Waals surface area (Å²) >= 11 is 0. The second-order valence-electron chi connectivity index (χ2n) is 5.01. The zero-order valence-electron chi connectivity index (χ0n) is 12.1. The molecular formula is C16H15F3N2O. The lowest BCUT2D eigenvalue weighted by molar-refractivity contribution is -0.137. The van der Waals surface area contributed by atoms with Gasteiger partial charge in [0.05, 0.1) is 17.2 Å². The van der Waals surface area contributed by atoms with Crippen molar-refractivity contribution >= 4 is 5.91 Å². The van der Waals surface area contributed by atoms with E-state index in [1.54, 1.807) is 32.0 Å². The lowest BCUT2D eigenvalue weighted by Crippen LogP contribution is -2.27. The van der Waals surface area contributed by atoms with Crippen LogP contribution < -0.4 is 5.32 Å². The number of alkyl halides is 3. The van der Waals surface area contributed by atoms with Crippen molar-refractivity contribution < 1.29 is 18.0 Å². The monoisotopic (exact) mass is 308 g/mol. The summed E-state index contributed by atoms with van der Waals surface area (Å²) in [6.07, 6.45) is -2.97. The molecule has 0 aliphatic heterocycles. The molecule has 3 nitrogen and oxygen atoms in total. The topological polar surface area (TPSA) is 42.0 Å². The number of carbonyl (C=O) groups is 1. The van der Waals surface area contributed by atoms with Gasteiger partial charge < -0.3 is 5.32 Å². The minimum atomic E-state index is -4.40. The number of nitrogens with zero attached hydrogens (tertiary/aromatic N) is 1. The highest BCUT2D eigenvalue weighted by molar-refractivity contribution is 5.94. The summed E-state index contributed by atoms with van der Waals surface area (Å²) < 4.78 is 38.1. The van der Waals surface area contributed by atoms with Crippen LogP contribution in [-0.2, 0) is 6.18 Å². The van der Waals surface area contributed by atoms with Gasteiger partial charge in [0.2, 0.25) is 0 Å². The van der Waals surface area contributed by atoms with Crippen LogP contribution >= 0.6 is 0 Å². The molecule has 0 aliphatic rings. The Labute approximate surface area is 126 Å². The van der Waals surface area contributed by atoms with Crippen LogP contribution in [0.3, 0.4) is 0 Å². The van der Waals surface area contributed by atoms with Gasteiger partial charge in [-0.15, -0.1) is 0 Å².